The van der Waals surface area contributed by atoms with Crippen molar-refractivity contribution < 1.29 is 23.1 Å². The van der Waals surface area contributed by atoms with E-state index < -0.39 is 18.0 Å². The van der Waals surface area contributed by atoms with Gasteiger partial charge < -0.3 is 10.4 Å². The van der Waals surface area contributed by atoms with Gasteiger partial charge in [-0.05, 0) is 48.4 Å². The molecule has 0 saturated heterocycles. The predicted octanol–water partition coefficient (Wildman–Crippen LogP) is 5.74. The number of carbonyl (C=O) groups is 1. The van der Waals surface area contributed by atoms with E-state index in [0.29, 0.717) is 29.7 Å². The van der Waals surface area contributed by atoms with E-state index in [1.807, 2.05) is 30.3 Å². The second-order valence-electron chi connectivity index (χ2n) is 7.78. The highest BCUT2D eigenvalue weighted by molar-refractivity contribution is 5.96. The average molecular weight is 441 g/mol. The number of benzene rings is 2. The Bertz CT molecular complexity index is 1130. The minimum atomic E-state index is -4.63. The number of nitrogens with one attached hydrogen (secondary N) is 1. The van der Waals surface area contributed by atoms with Crippen LogP contribution >= 0.6 is 0 Å². The molecule has 8 heteroatoms. The molecule has 4 rings (SSSR count). The minimum absolute atomic E-state index is 0.132. The Morgan fingerprint density at radius 2 is 1.75 bits per heavy atom. The van der Waals surface area contributed by atoms with Crippen LogP contribution in [0.3, 0.4) is 0 Å². The normalized spacial score (nSPS) is 13.8. The number of hydrogen-bond donors (Lipinski definition) is 2. The molecule has 3 aromatic rings. The van der Waals surface area contributed by atoms with Crippen molar-refractivity contribution >= 4 is 11.8 Å². The molecule has 0 spiro atoms. The molecule has 166 valence electrons. The summed E-state index contributed by atoms with van der Waals surface area (Å²) >= 11 is 0. The van der Waals surface area contributed by atoms with Crippen LogP contribution in [-0.2, 0) is 25.6 Å². The van der Waals surface area contributed by atoms with Crippen LogP contribution in [0.15, 0.2) is 48.5 Å². The summed E-state index contributed by atoms with van der Waals surface area (Å²) in [6, 6.07) is 14.2. The summed E-state index contributed by atoms with van der Waals surface area (Å²) in [6.45, 7) is 0.149. The number of anilines is 1. The molecule has 32 heavy (non-hydrogen) atoms. The topological polar surface area (TPSA) is 75.1 Å². The van der Waals surface area contributed by atoms with Gasteiger partial charge in [0.2, 0.25) is 5.82 Å². The third kappa shape index (κ3) is 4.74. The lowest BCUT2D eigenvalue weighted by Crippen LogP contribution is -2.17. The Labute approximate surface area is 183 Å². The van der Waals surface area contributed by atoms with Gasteiger partial charge in [-0.1, -0.05) is 48.9 Å². The number of aromatic carboxylic acids is 1. The Morgan fingerprint density at radius 1 is 1.00 bits per heavy atom. The maximum absolute atomic E-state index is 13.3. The monoisotopic (exact) mass is 441 g/mol. The standard InChI is InChI=1S/C24H22F3N3O2/c25-24(26,27)23-29-20-10-6-2-5-9-18(20)21(30-23)28-14-15-11-12-17(19(13-15)22(31)32)16-7-3-1-4-8-16/h1,3-4,7-8,11-13H,2,5-6,9-10,14H2,(H,31,32)(H,28,29,30). The van der Waals surface area contributed by atoms with Crippen molar-refractivity contribution in [1.29, 1.82) is 0 Å². The van der Waals surface area contributed by atoms with Crippen molar-refractivity contribution in [2.45, 2.75) is 44.8 Å². The van der Waals surface area contributed by atoms with Crippen molar-refractivity contribution in [3.63, 3.8) is 0 Å². The Kier molecular flexibility index (Phi) is 6.12. The second-order valence-corrected chi connectivity index (χ2v) is 7.78. The van der Waals surface area contributed by atoms with E-state index in [4.69, 9.17) is 0 Å². The number of alkyl halides is 3. The molecular weight excluding hydrogens is 419 g/mol. The summed E-state index contributed by atoms with van der Waals surface area (Å²) in [5.74, 6) is -2.04. The molecule has 0 bridgehead atoms. The third-order valence-corrected chi connectivity index (χ3v) is 5.55. The fourth-order valence-corrected chi connectivity index (χ4v) is 3.98. The number of hydrogen-bond acceptors (Lipinski definition) is 4. The molecule has 0 saturated carbocycles. The number of aryl methyl sites for hydroxylation is 1. The lowest BCUT2D eigenvalue weighted by Gasteiger charge is -2.16. The summed E-state index contributed by atoms with van der Waals surface area (Å²) in [6.07, 6.45) is -0.936. The first-order valence-electron chi connectivity index (χ1n) is 10.5. The number of aromatic nitrogens is 2. The zero-order chi connectivity index (χ0) is 22.7. The summed E-state index contributed by atoms with van der Waals surface area (Å²) in [5, 5.41) is 12.7. The van der Waals surface area contributed by atoms with Crippen molar-refractivity contribution in [2.24, 2.45) is 0 Å². The molecule has 0 fully saturated rings. The van der Waals surface area contributed by atoms with E-state index in [1.54, 1.807) is 18.2 Å². The lowest BCUT2D eigenvalue weighted by atomic mass is 9.97. The number of halogens is 3. The van der Waals surface area contributed by atoms with Gasteiger partial charge in [0.15, 0.2) is 0 Å². The Morgan fingerprint density at radius 3 is 2.47 bits per heavy atom. The first kappa shape index (κ1) is 21.8. The Balaban J connectivity index is 1.65. The molecule has 0 radical (unpaired) electrons. The van der Waals surface area contributed by atoms with Crippen molar-refractivity contribution in [1.82, 2.24) is 9.97 Å². The lowest BCUT2D eigenvalue weighted by molar-refractivity contribution is -0.145. The van der Waals surface area contributed by atoms with E-state index in [0.717, 1.165) is 30.4 Å². The van der Waals surface area contributed by atoms with Crippen LogP contribution in [0.5, 0.6) is 0 Å². The molecule has 0 amide bonds. The van der Waals surface area contributed by atoms with Crippen LogP contribution in [0.1, 0.15) is 52.3 Å². The predicted molar refractivity (Wildman–Crippen MR) is 114 cm³/mol. The smallest absolute Gasteiger partial charge is 0.451 e. The molecule has 5 nitrogen and oxygen atoms in total. The molecule has 2 N–H and O–H groups in total. The molecule has 1 aliphatic carbocycles. The van der Waals surface area contributed by atoms with Crippen molar-refractivity contribution in [3.8, 4) is 11.1 Å². The summed E-state index contributed by atoms with van der Waals surface area (Å²) < 4.78 is 40.0. The van der Waals surface area contributed by atoms with Crippen LogP contribution in [0, 0.1) is 0 Å². The van der Waals surface area contributed by atoms with E-state index in [1.165, 1.54) is 0 Å². The number of rotatable bonds is 5. The number of carboxylic acid groups (broad SMARTS) is 1. The first-order valence-corrected chi connectivity index (χ1v) is 10.5. The highest BCUT2D eigenvalue weighted by Crippen LogP contribution is 2.32. The van der Waals surface area contributed by atoms with Crippen LogP contribution in [0.4, 0.5) is 19.0 Å². The van der Waals surface area contributed by atoms with Gasteiger partial charge in [-0.3, -0.25) is 0 Å². The van der Waals surface area contributed by atoms with Gasteiger partial charge in [-0.2, -0.15) is 13.2 Å². The molecule has 2 aromatic carbocycles. The SMILES string of the molecule is O=C(O)c1cc(CNc2nc(C(F)(F)F)nc3c2CCCCC3)ccc1-c1ccccc1. The highest BCUT2D eigenvalue weighted by Gasteiger charge is 2.36. The number of fused-ring (bicyclic) bond motifs is 1. The molecule has 0 unspecified atom stereocenters. The number of carboxylic acids is 1. The quantitative estimate of drug-likeness (QED) is 0.494. The Hall–Kier alpha value is -3.42. The fraction of sp³-hybridized carbons (Fsp3) is 0.292. The average Bonchev–Trinajstić information content (AvgIpc) is 3.03. The molecule has 1 heterocycles. The zero-order valence-electron chi connectivity index (χ0n) is 17.2. The minimum Gasteiger partial charge on any atom is -0.478 e. The summed E-state index contributed by atoms with van der Waals surface area (Å²) in [5.41, 5.74) is 3.29. The number of nitrogens with zero attached hydrogens (tertiary/aromatic N) is 2. The zero-order valence-corrected chi connectivity index (χ0v) is 17.2. The maximum Gasteiger partial charge on any atom is 0.451 e. The molecule has 0 aliphatic heterocycles. The van der Waals surface area contributed by atoms with Gasteiger partial charge in [0.25, 0.3) is 0 Å². The van der Waals surface area contributed by atoms with E-state index in [9.17, 15) is 23.1 Å². The van der Waals surface area contributed by atoms with Gasteiger partial charge in [0.05, 0.1) is 5.56 Å². The molecule has 1 aromatic heterocycles. The van der Waals surface area contributed by atoms with Gasteiger partial charge >= 0.3 is 12.1 Å². The van der Waals surface area contributed by atoms with Gasteiger partial charge in [0, 0.05) is 17.8 Å². The van der Waals surface area contributed by atoms with E-state index in [-0.39, 0.29) is 17.9 Å². The van der Waals surface area contributed by atoms with Gasteiger partial charge in [-0.25, -0.2) is 14.8 Å². The van der Waals surface area contributed by atoms with Crippen LogP contribution in [0.2, 0.25) is 0 Å². The largest absolute Gasteiger partial charge is 0.478 e. The maximum atomic E-state index is 13.3. The molecule has 1 aliphatic rings. The van der Waals surface area contributed by atoms with Crippen molar-refractivity contribution in [2.75, 3.05) is 5.32 Å². The summed E-state index contributed by atoms with van der Waals surface area (Å²) in [4.78, 5) is 19.4. The van der Waals surface area contributed by atoms with Crippen LogP contribution in [-0.4, -0.2) is 21.0 Å². The highest BCUT2D eigenvalue weighted by atomic mass is 19.4. The van der Waals surface area contributed by atoms with Crippen LogP contribution in [0.25, 0.3) is 11.1 Å². The van der Waals surface area contributed by atoms with Crippen molar-refractivity contribution in [3.05, 3.63) is 76.7 Å². The third-order valence-electron chi connectivity index (χ3n) is 5.55. The van der Waals surface area contributed by atoms with E-state index in [2.05, 4.69) is 15.3 Å². The molecule has 0 atom stereocenters. The van der Waals surface area contributed by atoms with Gasteiger partial charge in [-0.15, -0.1) is 0 Å². The van der Waals surface area contributed by atoms with Crippen LogP contribution < -0.4 is 5.32 Å². The second kappa shape index (κ2) is 8.98. The fourth-order valence-electron chi connectivity index (χ4n) is 3.98. The van der Waals surface area contributed by atoms with E-state index >= 15 is 0 Å². The molecular formula is C24H22F3N3O2. The first-order chi connectivity index (χ1) is 15.3. The van der Waals surface area contributed by atoms with Gasteiger partial charge in [0.1, 0.15) is 5.82 Å². The summed E-state index contributed by atoms with van der Waals surface area (Å²) in [7, 11) is 0.